The molecule has 144 valence electrons. The molecule has 0 radical (unpaired) electrons. The van der Waals surface area contributed by atoms with Crippen LogP contribution in [0.1, 0.15) is 45.1 Å². The zero-order chi connectivity index (χ0) is 18.6. The number of benzene rings is 1. The van der Waals surface area contributed by atoms with Crippen LogP contribution < -0.4 is 5.32 Å². The molecule has 1 amide bonds. The van der Waals surface area contributed by atoms with E-state index in [1.165, 1.54) is 25.0 Å². The molecule has 26 heavy (non-hydrogen) atoms. The number of rotatable bonds is 6. The van der Waals surface area contributed by atoms with Crippen molar-refractivity contribution in [2.75, 3.05) is 39.3 Å². The van der Waals surface area contributed by atoms with Gasteiger partial charge in [0.05, 0.1) is 6.54 Å². The molecule has 5 heteroatoms. The van der Waals surface area contributed by atoms with Crippen LogP contribution in [0.4, 0.5) is 4.39 Å². The molecule has 0 unspecified atom stereocenters. The molecule has 1 heterocycles. The Morgan fingerprint density at radius 2 is 1.73 bits per heavy atom. The van der Waals surface area contributed by atoms with Crippen LogP contribution in [0.2, 0.25) is 0 Å². The second-order valence-corrected chi connectivity index (χ2v) is 8.18. The van der Waals surface area contributed by atoms with Crippen molar-refractivity contribution in [3.8, 4) is 0 Å². The van der Waals surface area contributed by atoms with E-state index < -0.39 is 0 Å². The van der Waals surface area contributed by atoms with Crippen LogP contribution in [0.3, 0.4) is 0 Å². The number of carbonyl (C=O) groups is 1. The maximum absolute atomic E-state index is 13.3. The smallest absolute Gasteiger partial charge is 0.234 e. The van der Waals surface area contributed by atoms with Crippen molar-refractivity contribution in [1.29, 1.82) is 0 Å². The Balaban J connectivity index is 1.52. The highest BCUT2D eigenvalue weighted by Gasteiger charge is 2.36. The summed E-state index contributed by atoms with van der Waals surface area (Å²) in [5, 5.41) is 3.17. The topological polar surface area (TPSA) is 35.6 Å². The van der Waals surface area contributed by atoms with Crippen LogP contribution in [0.25, 0.3) is 0 Å². The minimum atomic E-state index is -0.202. The molecular weight excluding hydrogens is 329 g/mol. The van der Waals surface area contributed by atoms with Gasteiger partial charge in [-0.15, -0.1) is 0 Å². The highest BCUT2D eigenvalue weighted by molar-refractivity contribution is 5.78. The zero-order valence-electron chi connectivity index (χ0n) is 16.1. The van der Waals surface area contributed by atoms with Gasteiger partial charge in [0.2, 0.25) is 5.91 Å². The van der Waals surface area contributed by atoms with E-state index in [9.17, 15) is 9.18 Å². The van der Waals surface area contributed by atoms with E-state index in [0.29, 0.717) is 19.1 Å². The fourth-order valence-corrected chi connectivity index (χ4v) is 4.39. The van der Waals surface area contributed by atoms with Gasteiger partial charge in [-0.1, -0.05) is 25.0 Å². The van der Waals surface area contributed by atoms with Gasteiger partial charge in [-0.2, -0.15) is 0 Å². The monoisotopic (exact) mass is 361 g/mol. The van der Waals surface area contributed by atoms with Crippen LogP contribution in [0.5, 0.6) is 0 Å². The standard InChI is InChI=1S/C21H32FN3O/c1-17(2)25-13-11-24(12-14-25)15-20(26)23-16-21(9-3-4-10-21)18-5-7-19(22)8-6-18/h5-8,17H,3-4,9-16H2,1-2H3,(H,23,26). The van der Waals surface area contributed by atoms with Crippen LogP contribution in [0.15, 0.2) is 24.3 Å². The lowest BCUT2D eigenvalue weighted by molar-refractivity contribution is -0.123. The van der Waals surface area contributed by atoms with Crippen molar-refractivity contribution in [1.82, 2.24) is 15.1 Å². The van der Waals surface area contributed by atoms with E-state index in [1.807, 2.05) is 12.1 Å². The molecule has 0 atom stereocenters. The first kappa shape index (κ1) is 19.3. The summed E-state index contributed by atoms with van der Waals surface area (Å²) in [4.78, 5) is 17.2. The Bertz CT molecular complexity index is 588. The molecule has 0 aromatic heterocycles. The third-order valence-electron chi connectivity index (χ3n) is 6.15. The van der Waals surface area contributed by atoms with E-state index in [0.717, 1.165) is 44.6 Å². The predicted octanol–water partition coefficient (Wildman–Crippen LogP) is 2.78. The molecule has 1 aromatic rings. The number of nitrogens with zero attached hydrogens (tertiary/aromatic N) is 2. The lowest BCUT2D eigenvalue weighted by atomic mass is 9.79. The van der Waals surface area contributed by atoms with Crippen molar-refractivity contribution < 1.29 is 9.18 Å². The summed E-state index contributed by atoms with van der Waals surface area (Å²) in [6, 6.07) is 7.41. The number of piperazine rings is 1. The quantitative estimate of drug-likeness (QED) is 0.846. The first-order chi connectivity index (χ1) is 12.5. The Kier molecular flexibility index (Phi) is 6.30. The molecule has 1 saturated carbocycles. The van der Waals surface area contributed by atoms with Crippen molar-refractivity contribution in [3.05, 3.63) is 35.6 Å². The van der Waals surface area contributed by atoms with E-state index in [4.69, 9.17) is 0 Å². The van der Waals surface area contributed by atoms with E-state index in [2.05, 4.69) is 29.0 Å². The number of hydrogen-bond donors (Lipinski definition) is 1. The average Bonchev–Trinajstić information content (AvgIpc) is 3.11. The second-order valence-electron chi connectivity index (χ2n) is 8.18. The van der Waals surface area contributed by atoms with Crippen molar-refractivity contribution in [2.24, 2.45) is 0 Å². The van der Waals surface area contributed by atoms with E-state index in [-0.39, 0.29) is 17.1 Å². The van der Waals surface area contributed by atoms with E-state index >= 15 is 0 Å². The lowest BCUT2D eigenvalue weighted by Gasteiger charge is -2.36. The van der Waals surface area contributed by atoms with Gasteiger partial charge in [0.15, 0.2) is 0 Å². The molecule has 1 saturated heterocycles. The molecule has 0 spiro atoms. The minimum absolute atomic E-state index is 0.0281. The maximum Gasteiger partial charge on any atom is 0.234 e. The molecular formula is C21H32FN3O. The Morgan fingerprint density at radius 3 is 2.31 bits per heavy atom. The lowest BCUT2D eigenvalue weighted by Crippen LogP contribution is -2.52. The predicted molar refractivity (Wildman–Crippen MR) is 103 cm³/mol. The SMILES string of the molecule is CC(C)N1CCN(CC(=O)NCC2(c3ccc(F)cc3)CCCC2)CC1. The molecule has 1 aliphatic heterocycles. The van der Waals surface area contributed by atoms with Crippen LogP contribution in [0, 0.1) is 5.82 Å². The van der Waals surface area contributed by atoms with Crippen molar-refractivity contribution in [3.63, 3.8) is 0 Å². The first-order valence-corrected chi connectivity index (χ1v) is 9.98. The molecule has 3 rings (SSSR count). The number of carbonyl (C=O) groups excluding carboxylic acids is 1. The average molecular weight is 362 g/mol. The molecule has 4 nitrogen and oxygen atoms in total. The summed E-state index contributed by atoms with van der Waals surface area (Å²) >= 11 is 0. The zero-order valence-corrected chi connectivity index (χ0v) is 16.1. The summed E-state index contributed by atoms with van der Waals surface area (Å²) in [6.07, 6.45) is 4.47. The van der Waals surface area contributed by atoms with Gasteiger partial charge in [-0.3, -0.25) is 14.6 Å². The van der Waals surface area contributed by atoms with Gasteiger partial charge in [0.25, 0.3) is 0 Å². The fraction of sp³-hybridized carbons (Fsp3) is 0.667. The summed E-state index contributed by atoms with van der Waals surface area (Å²) in [7, 11) is 0. The summed E-state index contributed by atoms with van der Waals surface area (Å²) in [6.45, 7) is 9.55. The van der Waals surface area contributed by atoms with Crippen LogP contribution in [-0.4, -0.2) is 61.0 Å². The second kappa shape index (κ2) is 8.49. The maximum atomic E-state index is 13.3. The Hall–Kier alpha value is -1.46. The molecule has 1 N–H and O–H groups in total. The highest BCUT2D eigenvalue weighted by Crippen LogP contribution is 2.40. The number of halogens is 1. The Labute approximate surface area is 156 Å². The fourth-order valence-electron chi connectivity index (χ4n) is 4.39. The molecule has 2 fully saturated rings. The summed E-state index contributed by atoms with van der Waals surface area (Å²) < 4.78 is 13.3. The first-order valence-electron chi connectivity index (χ1n) is 9.98. The molecule has 1 aromatic carbocycles. The third-order valence-corrected chi connectivity index (χ3v) is 6.15. The normalized spacial score (nSPS) is 21.2. The van der Waals surface area contributed by atoms with Gasteiger partial charge < -0.3 is 5.32 Å². The van der Waals surface area contributed by atoms with E-state index in [1.54, 1.807) is 0 Å². The van der Waals surface area contributed by atoms with Gasteiger partial charge in [0, 0.05) is 44.2 Å². The third kappa shape index (κ3) is 4.63. The van der Waals surface area contributed by atoms with Crippen molar-refractivity contribution >= 4 is 5.91 Å². The van der Waals surface area contributed by atoms with Crippen LogP contribution >= 0.6 is 0 Å². The highest BCUT2D eigenvalue weighted by atomic mass is 19.1. The van der Waals surface area contributed by atoms with Gasteiger partial charge in [-0.25, -0.2) is 4.39 Å². The Morgan fingerprint density at radius 1 is 1.12 bits per heavy atom. The molecule has 0 bridgehead atoms. The molecule has 2 aliphatic rings. The summed E-state index contributed by atoms with van der Waals surface area (Å²) in [5.41, 5.74) is 1.13. The van der Waals surface area contributed by atoms with Gasteiger partial charge in [-0.05, 0) is 44.4 Å². The number of amides is 1. The summed E-state index contributed by atoms with van der Waals surface area (Å²) in [5.74, 6) is -0.0946. The van der Waals surface area contributed by atoms with Gasteiger partial charge >= 0.3 is 0 Å². The minimum Gasteiger partial charge on any atom is -0.354 e. The van der Waals surface area contributed by atoms with Gasteiger partial charge in [0.1, 0.15) is 5.82 Å². The molecule has 1 aliphatic carbocycles. The largest absolute Gasteiger partial charge is 0.354 e. The van der Waals surface area contributed by atoms with Crippen LogP contribution in [-0.2, 0) is 10.2 Å². The number of nitrogens with one attached hydrogen (secondary N) is 1. The number of hydrogen-bond acceptors (Lipinski definition) is 3. The van der Waals surface area contributed by atoms with Crippen molar-refractivity contribution in [2.45, 2.75) is 51.0 Å².